The van der Waals surface area contributed by atoms with E-state index in [4.69, 9.17) is 18.9 Å². The van der Waals surface area contributed by atoms with Crippen molar-refractivity contribution in [1.82, 2.24) is 0 Å². The number of carbonyl (C=O) groups is 1. The van der Waals surface area contributed by atoms with Gasteiger partial charge in [0, 0.05) is 11.5 Å². The monoisotopic (exact) mass is 698 g/mol. The number of hydrogen-bond acceptors (Lipinski definition) is 6. The molecule has 4 aromatic rings. The molecule has 1 aliphatic carbocycles. The molecule has 0 bridgehead atoms. The normalized spacial score (nSPS) is 16.4. The molecule has 1 N–H and O–H groups in total. The van der Waals surface area contributed by atoms with Gasteiger partial charge in [0.05, 0.1) is 36.9 Å². The Morgan fingerprint density at radius 2 is 1.44 bits per heavy atom. The molecule has 0 saturated heterocycles. The van der Waals surface area contributed by atoms with Crippen LogP contribution >= 0.6 is 0 Å². The zero-order chi connectivity index (χ0) is 37.5. The predicted molar refractivity (Wildman–Crippen MR) is 210 cm³/mol. The number of ether oxygens (including phenoxy) is 4. The summed E-state index contributed by atoms with van der Waals surface area (Å²) in [5, 5.41) is 12.2. The lowest BCUT2D eigenvalue weighted by atomic mass is 9.67. The first kappa shape index (κ1) is 38.1. The van der Waals surface area contributed by atoms with Crippen LogP contribution in [0.25, 0.3) is 21.9 Å². The summed E-state index contributed by atoms with van der Waals surface area (Å²) in [6, 6.07) is 30.0. The summed E-state index contributed by atoms with van der Waals surface area (Å²) in [5.74, 6) is 0.866. The van der Waals surface area contributed by atoms with Crippen molar-refractivity contribution in [2.45, 2.75) is 51.7 Å². The molecule has 4 aromatic carbocycles. The van der Waals surface area contributed by atoms with E-state index in [9.17, 15) is 9.90 Å². The lowest BCUT2D eigenvalue weighted by molar-refractivity contribution is -0.141. The molecular formula is C46H50O6. The van der Waals surface area contributed by atoms with Gasteiger partial charge in [-0.3, -0.25) is 0 Å². The first-order chi connectivity index (χ1) is 24.8. The zero-order valence-electron chi connectivity index (χ0n) is 31.0. The van der Waals surface area contributed by atoms with Gasteiger partial charge < -0.3 is 24.1 Å². The third-order valence-corrected chi connectivity index (χ3v) is 9.39. The van der Waals surface area contributed by atoms with Crippen LogP contribution in [0.1, 0.15) is 51.3 Å². The molecule has 52 heavy (non-hydrogen) atoms. The highest BCUT2D eigenvalue weighted by Crippen LogP contribution is 2.57. The van der Waals surface area contributed by atoms with E-state index < -0.39 is 28.5 Å². The third kappa shape index (κ3) is 8.31. The van der Waals surface area contributed by atoms with Crippen molar-refractivity contribution in [1.29, 1.82) is 0 Å². The van der Waals surface area contributed by atoms with Crippen LogP contribution in [0, 0.1) is 5.41 Å². The fourth-order valence-electron chi connectivity index (χ4n) is 6.56. The molecule has 0 aromatic heterocycles. The minimum atomic E-state index is -0.731. The molecule has 0 spiro atoms. The first-order valence-corrected chi connectivity index (χ1v) is 17.6. The minimum Gasteiger partial charge on any atom is -0.493 e. The average molecular weight is 699 g/mol. The highest BCUT2D eigenvalue weighted by atomic mass is 16.5. The lowest BCUT2D eigenvalue weighted by Crippen LogP contribution is -2.35. The molecule has 0 aliphatic heterocycles. The Hall–Kier alpha value is -5.17. The largest absolute Gasteiger partial charge is 0.493 e. The second-order valence-electron chi connectivity index (χ2n) is 14.6. The maximum absolute atomic E-state index is 11.7. The van der Waals surface area contributed by atoms with Gasteiger partial charge in [0.1, 0.15) is 18.1 Å². The summed E-state index contributed by atoms with van der Waals surface area (Å²) in [5.41, 5.74) is 5.31. The van der Waals surface area contributed by atoms with Crippen molar-refractivity contribution in [2.24, 2.45) is 5.41 Å². The second-order valence-corrected chi connectivity index (χ2v) is 14.6. The summed E-state index contributed by atoms with van der Waals surface area (Å²) in [4.78, 5) is 11.7. The van der Waals surface area contributed by atoms with Gasteiger partial charge >= 0.3 is 5.97 Å². The van der Waals surface area contributed by atoms with Crippen molar-refractivity contribution < 1.29 is 28.8 Å². The third-order valence-electron chi connectivity index (χ3n) is 9.39. The Morgan fingerprint density at radius 3 is 2.12 bits per heavy atom. The van der Waals surface area contributed by atoms with E-state index in [1.165, 1.54) is 39.1 Å². The van der Waals surface area contributed by atoms with Crippen molar-refractivity contribution in [2.75, 3.05) is 26.4 Å². The molecule has 0 amide bonds. The van der Waals surface area contributed by atoms with E-state index in [2.05, 4.69) is 106 Å². The van der Waals surface area contributed by atoms with Crippen LogP contribution in [0.4, 0.5) is 0 Å². The number of hydrogen-bond donors (Lipinski definition) is 1. The topological polar surface area (TPSA) is 74.2 Å². The SMILES string of the molecule is C=CC(=O)OCC(C)(C)CO/C(C=C)=C/C=C(\C)C1(c2ccc(OCC(C)(C)OCC(O)C=C)cc2)c2ccccc2-c2cc3ccccc3cc21. The smallest absolute Gasteiger partial charge is 0.330 e. The van der Waals surface area contributed by atoms with E-state index in [0.29, 0.717) is 19.0 Å². The molecule has 0 heterocycles. The highest BCUT2D eigenvalue weighted by Gasteiger charge is 2.46. The Balaban J connectivity index is 1.55. The molecule has 5 rings (SSSR count). The van der Waals surface area contributed by atoms with Crippen LogP contribution in [0.15, 0.2) is 146 Å². The van der Waals surface area contributed by atoms with Crippen LogP contribution in [0.2, 0.25) is 0 Å². The summed E-state index contributed by atoms with van der Waals surface area (Å²) in [7, 11) is 0. The number of rotatable bonds is 17. The van der Waals surface area contributed by atoms with Gasteiger partial charge in [0.15, 0.2) is 0 Å². The molecule has 2 unspecified atom stereocenters. The average Bonchev–Trinajstić information content (AvgIpc) is 3.44. The van der Waals surface area contributed by atoms with Crippen LogP contribution in [-0.4, -0.2) is 49.2 Å². The van der Waals surface area contributed by atoms with Crippen LogP contribution in [0.3, 0.4) is 0 Å². The number of aliphatic hydroxyl groups is 1. The maximum Gasteiger partial charge on any atom is 0.330 e. The van der Waals surface area contributed by atoms with Gasteiger partial charge in [-0.15, -0.1) is 6.58 Å². The molecule has 6 heteroatoms. The molecule has 6 nitrogen and oxygen atoms in total. The second kappa shape index (κ2) is 16.0. The Morgan fingerprint density at radius 1 is 0.788 bits per heavy atom. The molecule has 0 fully saturated rings. The quantitative estimate of drug-likeness (QED) is 0.0389. The van der Waals surface area contributed by atoms with Gasteiger partial charge in [0.25, 0.3) is 0 Å². The van der Waals surface area contributed by atoms with E-state index in [1.54, 1.807) is 6.08 Å². The summed E-state index contributed by atoms with van der Waals surface area (Å²) in [6.07, 6.45) is 7.66. The number of aliphatic hydroxyl groups excluding tert-OH is 1. The Labute approximate surface area is 308 Å². The van der Waals surface area contributed by atoms with Crippen molar-refractivity contribution in [3.05, 3.63) is 163 Å². The molecule has 0 radical (unpaired) electrons. The molecule has 1 aliphatic rings. The summed E-state index contributed by atoms with van der Waals surface area (Å²) in [6.45, 7) is 22.1. The standard InChI is InChI=1S/C46H50O6/c1-9-36(47)28-52-45(7,8)31-50-38-24-21-35(22-25-38)46(32(4)20-23-37(10-2)49-29-44(5,6)30-51-43(48)11-3)41-19-15-14-18-39(41)40-26-33-16-12-13-17-34(33)27-42(40)46/h9-27,36,47H,1-3,28-31H2,4-8H3/b32-20+,37-23+. The van der Waals surface area contributed by atoms with E-state index in [-0.39, 0.29) is 13.2 Å². The maximum atomic E-state index is 11.7. The fourth-order valence-corrected chi connectivity index (χ4v) is 6.56. The lowest BCUT2D eigenvalue weighted by Gasteiger charge is -2.35. The predicted octanol–water partition coefficient (Wildman–Crippen LogP) is 9.66. The van der Waals surface area contributed by atoms with E-state index in [0.717, 1.165) is 23.0 Å². The van der Waals surface area contributed by atoms with Crippen molar-refractivity contribution >= 4 is 16.7 Å². The van der Waals surface area contributed by atoms with Crippen LogP contribution in [-0.2, 0) is 24.4 Å². The van der Waals surface area contributed by atoms with Crippen molar-refractivity contribution in [3.8, 4) is 16.9 Å². The van der Waals surface area contributed by atoms with Gasteiger partial charge in [-0.25, -0.2) is 4.79 Å². The van der Waals surface area contributed by atoms with Crippen LogP contribution < -0.4 is 4.74 Å². The minimum absolute atomic E-state index is 0.149. The number of fused-ring (bicyclic) bond motifs is 4. The summed E-state index contributed by atoms with van der Waals surface area (Å²) >= 11 is 0. The van der Waals surface area contributed by atoms with E-state index >= 15 is 0 Å². The van der Waals surface area contributed by atoms with Crippen molar-refractivity contribution in [3.63, 3.8) is 0 Å². The zero-order valence-corrected chi connectivity index (χ0v) is 31.0. The molecule has 0 saturated carbocycles. The Kier molecular flexibility index (Phi) is 11.7. The van der Waals surface area contributed by atoms with Gasteiger partial charge in [-0.05, 0) is 95.8 Å². The Bertz CT molecular complexity index is 2000. The molecular weight excluding hydrogens is 648 g/mol. The fraction of sp³-hybridized carbons (Fsp3) is 0.283. The highest BCUT2D eigenvalue weighted by molar-refractivity contribution is 5.95. The van der Waals surface area contributed by atoms with Gasteiger partial charge in [-0.2, -0.15) is 0 Å². The number of allylic oxidation sites excluding steroid dienone is 4. The number of benzene rings is 4. The molecule has 270 valence electrons. The summed E-state index contributed by atoms with van der Waals surface area (Å²) < 4.78 is 23.6. The van der Waals surface area contributed by atoms with Gasteiger partial charge in [-0.1, -0.05) is 105 Å². The van der Waals surface area contributed by atoms with E-state index in [1.807, 2.05) is 45.9 Å². The van der Waals surface area contributed by atoms with Crippen LogP contribution in [0.5, 0.6) is 5.75 Å². The number of esters is 1. The first-order valence-electron chi connectivity index (χ1n) is 17.6. The number of carbonyl (C=O) groups excluding carboxylic acids is 1. The molecule has 2 atom stereocenters. The van der Waals surface area contributed by atoms with Gasteiger partial charge in [0.2, 0.25) is 0 Å².